The van der Waals surface area contributed by atoms with Crippen molar-refractivity contribution in [2.45, 2.75) is 39.2 Å². The van der Waals surface area contributed by atoms with Crippen LogP contribution in [0.1, 0.15) is 32.3 Å². The van der Waals surface area contributed by atoms with Crippen LogP contribution in [-0.2, 0) is 11.2 Å². The smallest absolute Gasteiger partial charge is 0.191 e. The van der Waals surface area contributed by atoms with Gasteiger partial charge in [0.25, 0.3) is 0 Å². The molecule has 4 heteroatoms. The van der Waals surface area contributed by atoms with Crippen LogP contribution in [0.2, 0.25) is 0 Å². The molecule has 122 valence electrons. The fourth-order valence-corrected chi connectivity index (χ4v) is 2.69. The maximum atomic E-state index is 5.17. The van der Waals surface area contributed by atoms with E-state index in [9.17, 15) is 0 Å². The van der Waals surface area contributed by atoms with Crippen LogP contribution >= 0.6 is 0 Å². The summed E-state index contributed by atoms with van der Waals surface area (Å²) in [7, 11) is 1.72. The van der Waals surface area contributed by atoms with Crippen molar-refractivity contribution in [1.82, 2.24) is 10.6 Å². The largest absolute Gasteiger partial charge is 0.383 e. The Morgan fingerprint density at radius 1 is 1.32 bits per heavy atom. The number of hydrogen-bond acceptors (Lipinski definition) is 2. The highest BCUT2D eigenvalue weighted by Crippen LogP contribution is 2.48. The molecule has 0 amide bonds. The van der Waals surface area contributed by atoms with E-state index in [1.54, 1.807) is 7.11 Å². The number of benzene rings is 1. The highest BCUT2D eigenvalue weighted by Gasteiger charge is 2.42. The minimum atomic E-state index is 0.257. The number of hydrogen-bond donors (Lipinski definition) is 2. The first-order valence-electron chi connectivity index (χ1n) is 8.25. The van der Waals surface area contributed by atoms with Crippen molar-refractivity contribution < 1.29 is 4.74 Å². The zero-order valence-electron chi connectivity index (χ0n) is 14.1. The molecule has 0 bridgehead atoms. The van der Waals surface area contributed by atoms with Crippen molar-refractivity contribution >= 4 is 5.96 Å². The Kier molecular flexibility index (Phi) is 6.25. The molecule has 0 aliphatic heterocycles. The molecule has 22 heavy (non-hydrogen) atoms. The van der Waals surface area contributed by atoms with Gasteiger partial charge in [0.15, 0.2) is 5.96 Å². The highest BCUT2D eigenvalue weighted by molar-refractivity contribution is 5.80. The third-order valence-electron chi connectivity index (χ3n) is 4.10. The van der Waals surface area contributed by atoms with Crippen LogP contribution in [0.15, 0.2) is 35.3 Å². The van der Waals surface area contributed by atoms with E-state index in [0.29, 0.717) is 12.0 Å². The Labute approximate surface area is 134 Å². The average Bonchev–Trinajstić information content (AvgIpc) is 3.26. The van der Waals surface area contributed by atoms with E-state index in [2.05, 4.69) is 54.8 Å². The van der Waals surface area contributed by atoms with Crippen molar-refractivity contribution in [3.05, 3.63) is 35.9 Å². The minimum Gasteiger partial charge on any atom is -0.383 e. The molecular formula is C18H29N3O. The Bertz CT molecular complexity index is 468. The van der Waals surface area contributed by atoms with E-state index in [1.807, 2.05) is 0 Å². The maximum Gasteiger partial charge on any atom is 0.191 e. The van der Waals surface area contributed by atoms with Gasteiger partial charge < -0.3 is 15.4 Å². The van der Waals surface area contributed by atoms with Gasteiger partial charge in [-0.05, 0) is 44.1 Å². The van der Waals surface area contributed by atoms with Gasteiger partial charge in [-0.2, -0.15) is 0 Å². The summed E-state index contributed by atoms with van der Waals surface area (Å²) in [5, 5.41) is 6.72. The second-order valence-electron chi connectivity index (χ2n) is 6.36. The first-order valence-corrected chi connectivity index (χ1v) is 8.25. The number of nitrogens with zero attached hydrogens (tertiary/aromatic N) is 1. The van der Waals surface area contributed by atoms with Crippen molar-refractivity contribution in [1.29, 1.82) is 0 Å². The second-order valence-corrected chi connectivity index (χ2v) is 6.36. The normalized spacial score (nSPS) is 17.9. The van der Waals surface area contributed by atoms with Crippen LogP contribution in [0.3, 0.4) is 0 Å². The third kappa shape index (κ3) is 5.34. The van der Waals surface area contributed by atoms with Gasteiger partial charge in [0.05, 0.1) is 6.61 Å². The van der Waals surface area contributed by atoms with Gasteiger partial charge in [0.1, 0.15) is 0 Å². The molecule has 2 rings (SSSR count). The molecule has 1 aliphatic carbocycles. The topological polar surface area (TPSA) is 45.7 Å². The quantitative estimate of drug-likeness (QED) is 0.573. The van der Waals surface area contributed by atoms with Crippen molar-refractivity contribution in [3.8, 4) is 0 Å². The number of rotatable bonds is 8. The summed E-state index contributed by atoms with van der Waals surface area (Å²) in [6.07, 6.45) is 3.68. The molecule has 4 nitrogen and oxygen atoms in total. The molecule has 1 aromatic carbocycles. The van der Waals surface area contributed by atoms with Crippen LogP contribution in [0, 0.1) is 5.41 Å². The molecule has 1 unspecified atom stereocenters. The molecule has 1 atom stereocenters. The molecule has 1 saturated carbocycles. The molecule has 0 saturated heterocycles. The molecular weight excluding hydrogens is 274 g/mol. The number of nitrogens with one attached hydrogen (secondary N) is 2. The van der Waals surface area contributed by atoms with Crippen LogP contribution in [0.25, 0.3) is 0 Å². The number of aliphatic imine (C=N–C) groups is 1. The average molecular weight is 303 g/mol. The van der Waals surface area contributed by atoms with Crippen LogP contribution in [-0.4, -0.2) is 38.8 Å². The van der Waals surface area contributed by atoms with Crippen LogP contribution in [0.5, 0.6) is 0 Å². The first kappa shape index (κ1) is 16.8. The first-order chi connectivity index (χ1) is 10.7. The molecule has 1 aliphatic rings. The van der Waals surface area contributed by atoms with Gasteiger partial charge in [0.2, 0.25) is 0 Å². The van der Waals surface area contributed by atoms with Crippen molar-refractivity contribution in [3.63, 3.8) is 0 Å². The number of guanidine groups is 1. The van der Waals surface area contributed by atoms with Crippen LogP contribution < -0.4 is 10.6 Å². The van der Waals surface area contributed by atoms with Gasteiger partial charge in [-0.1, -0.05) is 30.3 Å². The Hall–Kier alpha value is -1.55. The predicted octanol–water partition coefficient (Wildman–Crippen LogP) is 2.60. The summed E-state index contributed by atoms with van der Waals surface area (Å²) in [5.41, 5.74) is 1.79. The van der Waals surface area contributed by atoms with Gasteiger partial charge in [-0.3, -0.25) is 4.99 Å². The monoisotopic (exact) mass is 303 g/mol. The fraction of sp³-hybridized carbons (Fsp3) is 0.611. The lowest BCUT2D eigenvalue weighted by atomic mass is 9.97. The van der Waals surface area contributed by atoms with E-state index < -0.39 is 0 Å². The Morgan fingerprint density at radius 3 is 2.64 bits per heavy atom. The molecule has 2 N–H and O–H groups in total. The molecule has 0 heterocycles. The number of ether oxygens (including phenoxy) is 1. The Morgan fingerprint density at radius 2 is 2.05 bits per heavy atom. The second kappa shape index (κ2) is 8.18. The fourth-order valence-electron chi connectivity index (χ4n) is 2.69. The zero-order valence-corrected chi connectivity index (χ0v) is 14.1. The Balaban J connectivity index is 1.91. The molecule has 0 aromatic heterocycles. The summed E-state index contributed by atoms with van der Waals surface area (Å²) >= 11 is 0. The van der Waals surface area contributed by atoms with Crippen molar-refractivity contribution in [2.24, 2.45) is 10.4 Å². The van der Waals surface area contributed by atoms with E-state index >= 15 is 0 Å². The van der Waals surface area contributed by atoms with Gasteiger partial charge >= 0.3 is 0 Å². The molecule has 0 radical (unpaired) electrons. The lowest BCUT2D eigenvalue weighted by Crippen LogP contribution is -2.44. The van der Waals surface area contributed by atoms with E-state index in [4.69, 9.17) is 9.73 Å². The summed E-state index contributed by atoms with van der Waals surface area (Å²) < 4.78 is 5.17. The third-order valence-corrected chi connectivity index (χ3v) is 4.10. The molecule has 0 spiro atoms. The lowest BCUT2D eigenvalue weighted by Gasteiger charge is -2.19. The summed E-state index contributed by atoms with van der Waals surface area (Å²) in [5.74, 6) is 0.895. The van der Waals surface area contributed by atoms with Gasteiger partial charge in [-0.15, -0.1) is 0 Å². The minimum absolute atomic E-state index is 0.257. The SMILES string of the molecule is CCNC(=NCC1(Cc2ccccc2)CC1)NC(C)COC. The van der Waals surface area contributed by atoms with Gasteiger partial charge in [-0.25, -0.2) is 0 Å². The molecule has 1 aromatic rings. The van der Waals surface area contributed by atoms with Crippen LogP contribution in [0.4, 0.5) is 0 Å². The zero-order chi connectivity index (χ0) is 15.8. The van der Waals surface area contributed by atoms with E-state index in [-0.39, 0.29) is 6.04 Å². The predicted molar refractivity (Wildman–Crippen MR) is 92.3 cm³/mol. The van der Waals surface area contributed by atoms with E-state index in [0.717, 1.165) is 25.5 Å². The standard InChI is InChI=1S/C18H29N3O/c1-4-19-17(21-15(2)13-22-3)20-14-18(10-11-18)12-16-8-6-5-7-9-16/h5-9,15H,4,10-14H2,1-3H3,(H2,19,20,21). The summed E-state index contributed by atoms with van der Waals surface area (Å²) in [4.78, 5) is 4.80. The maximum absolute atomic E-state index is 5.17. The lowest BCUT2D eigenvalue weighted by molar-refractivity contribution is 0.179. The highest BCUT2D eigenvalue weighted by atomic mass is 16.5. The summed E-state index contributed by atoms with van der Waals surface area (Å²) in [6, 6.07) is 11.0. The molecule has 1 fully saturated rings. The van der Waals surface area contributed by atoms with Gasteiger partial charge in [0, 0.05) is 26.2 Å². The summed E-state index contributed by atoms with van der Waals surface area (Å²) in [6.45, 7) is 6.63. The number of methoxy groups -OCH3 is 1. The van der Waals surface area contributed by atoms with Crippen molar-refractivity contribution in [2.75, 3.05) is 26.8 Å². The van der Waals surface area contributed by atoms with E-state index in [1.165, 1.54) is 18.4 Å².